The molecule has 0 radical (unpaired) electrons. The Hall–Kier alpha value is -1.67. The van der Waals surface area contributed by atoms with Gasteiger partial charge in [0, 0.05) is 17.6 Å². The summed E-state index contributed by atoms with van der Waals surface area (Å²) in [6.45, 7) is 6.41. The van der Waals surface area contributed by atoms with Crippen LogP contribution in [0.25, 0.3) is 17.0 Å². The average Bonchev–Trinajstić information content (AvgIpc) is 2.80. The Morgan fingerprint density at radius 1 is 1.38 bits per heavy atom. The highest BCUT2D eigenvalue weighted by Crippen LogP contribution is 2.29. The Morgan fingerprint density at radius 3 is 2.76 bits per heavy atom. The van der Waals surface area contributed by atoms with Crippen LogP contribution in [0.2, 0.25) is 5.02 Å². The fourth-order valence-electron chi connectivity index (χ4n) is 2.36. The first-order valence-electron chi connectivity index (χ1n) is 7.29. The lowest BCUT2D eigenvalue weighted by Crippen LogP contribution is -1.97. The molecule has 0 fully saturated rings. The van der Waals surface area contributed by atoms with Crippen molar-refractivity contribution in [2.75, 3.05) is 7.11 Å². The van der Waals surface area contributed by atoms with Crippen LogP contribution in [0.3, 0.4) is 0 Å². The van der Waals surface area contributed by atoms with Gasteiger partial charge in [-0.05, 0) is 44.1 Å². The molecule has 2 nitrogen and oxygen atoms in total. The van der Waals surface area contributed by atoms with E-state index in [1.807, 2.05) is 12.3 Å². The molecule has 0 N–H and O–H groups in total. The summed E-state index contributed by atoms with van der Waals surface area (Å²) in [6.07, 6.45) is 9.08. The lowest BCUT2D eigenvalue weighted by Gasteiger charge is -2.09. The third-order valence-electron chi connectivity index (χ3n) is 3.45. The van der Waals surface area contributed by atoms with Gasteiger partial charge < -0.3 is 9.30 Å². The van der Waals surface area contributed by atoms with Crippen LogP contribution in [0.4, 0.5) is 0 Å². The van der Waals surface area contributed by atoms with Crippen molar-refractivity contribution in [1.29, 1.82) is 0 Å². The molecule has 21 heavy (non-hydrogen) atoms. The number of ether oxygens (including phenoxy) is 1. The molecule has 0 atom stereocenters. The maximum Gasteiger partial charge on any atom is 0.114 e. The van der Waals surface area contributed by atoms with Crippen LogP contribution in [-0.4, -0.2) is 11.7 Å². The quantitative estimate of drug-likeness (QED) is 0.501. The lowest BCUT2D eigenvalue weighted by molar-refractivity contribution is 0.305. The maximum atomic E-state index is 6.30. The van der Waals surface area contributed by atoms with E-state index in [0.29, 0.717) is 6.04 Å². The van der Waals surface area contributed by atoms with Crippen LogP contribution in [0.5, 0.6) is 0 Å². The van der Waals surface area contributed by atoms with Crippen molar-refractivity contribution in [2.24, 2.45) is 0 Å². The molecule has 0 aliphatic carbocycles. The van der Waals surface area contributed by atoms with Crippen LogP contribution in [0, 0.1) is 0 Å². The Morgan fingerprint density at radius 2 is 2.14 bits per heavy atom. The van der Waals surface area contributed by atoms with Crippen molar-refractivity contribution >= 4 is 28.6 Å². The number of hydrogen-bond acceptors (Lipinski definition) is 1. The fourth-order valence-corrected chi connectivity index (χ4v) is 2.62. The van der Waals surface area contributed by atoms with E-state index in [-0.39, 0.29) is 0 Å². The zero-order valence-electron chi connectivity index (χ0n) is 13.1. The largest absolute Gasteiger partial charge is 0.497 e. The Bertz CT molecular complexity index is 680. The number of fused-ring (bicyclic) bond motifs is 1. The van der Waals surface area contributed by atoms with Crippen LogP contribution >= 0.6 is 11.6 Å². The number of nitrogens with zero attached hydrogens (tertiary/aromatic N) is 1. The number of hydrogen-bond donors (Lipinski definition) is 0. The van der Waals surface area contributed by atoms with Crippen molar-refractivity contribution in [3.63, 3.8) is 0 Å². The van der Waals surface area contributed by atoms with E-state index in [1.54, 1.807) is 7.11 Å². The standard InChI is InChI=1S/C18H22ClNO/c1-5-6-15(21-4)9-7-14-8-10-16-17(19)12-20(13(2)3)18(16)11-14/h6-13H,5H2,1-4H3/b9-7+,15-6+. The summed E-state index contributed by atoms with van der Waals surface area (Å²) in [5.74, 6) is 0.884. The molecule has 0 aliphatic heterocycles. The molecule has 0 spiro atoms. The summed E-state index contributed by atoms with van der Waals surface area (Å²) < 4.78 is 7.52. The second kappa shape index (κ2) is 6.86. The molecule has 0 amide bonds. The highest BCUT2D eigenvalue weighted by Gasteiger charge is 2.09. The van der Waals surface area contributed by atoms with Gasteiger partial charge in [-0.3, -0.25) is 0 Å². The normalized spacial score (nSPS) is 12.8. The highest BCUT2D eigenvalue weighted by molar-refractivity contribution is 6.35. The Kier molecular flexibility index (Phi) is 5.13. The number of allylic oxidation sites excluding steroid dienone is 2. The van der Waals surface area contributed by atoms with Gasteiger partial charge >= 0.3 is 0 Å². The second-order valence-electron chi connectivity index (χ2n) is 5.31. The van der Waals surface area contributed by atoms with Gasteiger partial charge in [0.25, 0.3) is 0 Å². The van der Waals surface area contributed by atoms with Crippen LogP contribution < -0.4 is 0 Å². The minimum Gasteiger partial charge on any atom is -0.497 e. The maximum absolute atomic E-state index is 6.30. The third kappa shape index (κ3) is 3.51. The topological polar surface area (TPSA) is 14.2 Å². The van der Waals surface area contributed by atoms with Gasteiger partial charge in [0.1, 0.15) is 5.76 Å². The first-order valence-corrected chi connectivity index (χ1v) is 7.67. The number of aromatic nitrogens is 1. The van der Waals surface area contributed by atoms with Gasteiger partial charge in [0.15, 0.2) is 0 Å². The predicted molar refractivity (Wildman–Crippen MR) is 91.8 cm³/mol. The van der Waals surface area contributed by atoms with E-state index >= 15 is 0 Å². The summed E-state index contributed by atoms with van der Waals surface area (Å²) in [6, 6.07) is 6.70. The minimum atomic E-state index is 0.383. The van der Waals surface area contributed by atoms with Gasteiger partial charge in [-0.2, -0.15) is 0 Å². The summed E-state index contributed by atoms with van der Waals surface area (Å²) >= 11 is 6.30. The van der Waals surface area contributed by atoms with E-state index in [2.05, 4.69) is 55.7 Å². The second-order valence-corrected chi connectivity index (χ2v) is 5.71. The number of rotatable bonds is 5. The zero-order valence-corrected chi connectivity index (χ0v) is 13.8. The molecular formula is C18H22ClNO. The predicted octanol–water partition coefficient (Wildman–Crippen LogP) is 5.83. The molecule has 3 heteroatoms. The molecule has 1 aromatic carbocycles. The van der Waals surface area contributed by atoms with Crippen LogP contribution in [-0.2, 0) is 4.74 Å². The Labute approximate surface area is 131 Å². The summed E-state index contributed by atoms with van der Waals surface area (Å²) in [7, 11) is 1.69. The van der Waals surface area contributed by atoms with E-state index in [4.69, 9.17) is 16.3 Å². The molecule has 112 valence electrons. The van der Waals surface area contributed by atoms with Gasteiger partial charge in [0.2, 0.25) is 0 Å². The third-order valence-corrected chi connectivity index (χ3v) is 3.75. The zero-order chi connectivity index (χ0) is 15.4. The van der Waals surface area contributed by atoms with E-state index in [1.165, 1.54) is 0 Å². The van der Waals surface area contributed by atoms with Crippen LogP contribution in [0.1, 0.15) is 38.8 Å². The smallest absolute Gasteiger partial charge is 0.114 e. The lowest BCUT2D eigenvalue weighted by atomic mass is 10.1. The molecule has 0 aliphatic rings. The Balaban J connectivity index is 2.41. The van der Waals surface area contributed by atoms with Crippen molar-refractivity contribution < 1.29 is 4.74 Å². The summed E-state index contributed by atoms with van der Waals surface area (Å²) in [5.41, 5.74) is 2.30. The molecule has 0 saturated carbocycles. The summed E-state index contributed by atoms with van der Waals surface area (Å²) in [4.78, 5) is 0. The van der Waals surface area contributed by atoms with Gasteiger partial charge in [-0.15, -0.1) is 0 Å². The molecule has 0 saturated heterocycles. The van der Waals surface area contributed by atoms with Crippen molar-refractivity contribution in [1.82, 2.24) is 4.57 Å². The summed E-state index contributed by atoms with van der Waals surface area (Å²) in [5, 5.41) is 1.90. The highest BCUT2D eigenvalue weighted by atomic mass is 35.5. The molecule has 0 bridgehead atoms. The SMILES string of the molecule is CC/C=C(\C=C\c1ccc2c(Cl)cn(C(C)C)c2c1)OC. The average molecular weight is 304 g/mol. The fraction of sp³-hybridized carbons (Fsp3) is 0.333. The molecule has 0 unspecified atom stereocenters. The van der Waals surface area contributed by atoms with Gasteiger partial charge in [-0.25, -0.2) is 0 Å². The molecule has 2 aromatic rings. The van der Waals surface area contributed by atoms with E-state index < -0.39 is 0 Å². The number of benzene rings is 1. The van der Waals surface area contributed by atoms with E-state index in [0.717, 1.165) is 33.7 Å². The number of methoxy groups -OCH3 is 1. The first kappa shape index (κ1) is 15.7. The van der Waals surface area contributed by atoms with Crippen molar-refractivity contribution in [3.05, 3.63) is 52.9 Å². The monoisotopic (exact) mass is 303 g/mol. The van der Waals surface area contributed by atoms with E-state index in [9.17, 15) is 0 Å². The molecule has 2 rings (SSSR count). The van der Waals surface area contributed by atoms with Gasteiger partial charge in [0.05, 0.1) is 17.6 Å². The van der Waals surface area contributed by atoms with Crippen molar-refractivity contribution in [3.8, 4) is 0 Å². The molecule has 1 aromatic heterocycles. The number of halogens is 1. The van der Waals surface area contributed by atoms with Crippen LogP contribution in [0.15, 0.2) is 42.3 Å². The van der Waals surface area contributed by atoms with Crippen molar-refractivity contribution in [2.45, 2.75) is 33.2 Å². The molecular weight excluding hydrogens is 282 g/mol. The van der Waals surface area contributed by atoms with Gasteiger partial charge in [-0.1, -0.05) is 36.7 Å². The molecule has 1 heterocycles. The minimum absolute atomic E-state index is 0.383. The first-order chi connectivity index (χ1) is 10.1.